The van der Waals surface area contributed by atoms with E-state index >= 15 is 0 Å². The van der Waals surface area contributed by atoms with E-state index in [1.54, 1.807) is 48.5 Å². The van der Waals surface area contributed by atoms with E-state index in [-0.39, 0.29) is 11.1 Å². The highest BCUT2D eigenvalue weighted by Gasteiger charge is 2.74. The van der Waals surface area contributed by atoms with Crippen molar-refractivity contribution < 1.29 is 23.9 Å². The third kappa shape index (κ3) is 3.30. The molecule has 2 amide bonds. The number of rotatable bonds is 3. The topological polar surface area (TPSA) is 80.8 Å². The quantitative estimate of drug-likeness (QED) is 0.227. The Bertz CT molecular complexity index is 1650. The van der Waals surface area contributed by atoms with Gasteiger partial charge in [-0.2, -0.15) is 0 Å². The van der Waals surface area contributed by atoms with Crippen molar-refractivity contribution in [2.24, 2.45) is 11.8 Å². The standard InChI is InChI=1S/C32H20BrNO5/c33-21-14-16-22(17-15-21)34-30(37)25-26(31(34)38)32(28(35)23-8-4-5-9-24(23)29(32)36)39-27(25)20-12-10-19(11-13-20)18-6-2-1-3-7-18/h1-17,25-27H/t25-,26+,27+/m0/s1. The maximum Gasteiger partial charge on any atom is 0.241 e. The predicted molar refractivity (Wildman–Crippen MR) is 147 cm³/mol. The molecule has 2 heterocycles. The summed E-state index contributed by atoms with van der Waals surface area (Å²) in [4.78, 5) is 56.9. The zero-order valence-corrected chi connectivity index (χ0v) is 22.0. The smallest absolute Gasteiger partial charge is 0.241 e. The molecule has 4 aromatic carbocycles. The summed E-state index contributed by atoms with van der Waals surface area (Å²) in [5.74, 6) is -4.55. The van der Waals surface area contributed by atoms with Crippen LogP contribution in [-0.2, 0) is 14.3 Å². The number of Topliss-reactive ketones (excluding diaryl/α,β-unsaturated/α-hetero) is 2. The average Bonchev–Trinajstić information content (AvgIpc) is 3.54. The molecule has 0 saturated carbocycles. The van der Waals surface area contributed by atoms with Gasteiger partial charge in [-0.1, -0.05) is 94.8 Å². The monoisotopic (exact) mass is 577 g/mol. The Morgan fingerprint density at radius 2 is 1.21 bits per heavy atom. The molecule has 0 aromatic heterocycles. The number of hydrogen-bond acceptors (Lipinski definition) is 5. The second-order valence-electron chi connectivity index (χ2n) is 9.96. The second kappa shape index (κ2) is 8.66. The number of carbonyl (C=O) groups excluding carboxylic acids is 4. The third-order valence-corrected chi connectivity index (χ3v) is 8.48. The van der Waals surface area contributed by atoms with Gasteiger partial charge in [0, 0.05) is 15.6 Å². The number of hydrogen-bond donors (Lipinski definition) is 0. The van der Waals surface area contributed by atoms with E-state index < -0.39 is 46.9 Å². The molecular formula is C32H20BrNO5. The van der Waals surface area contributed by atoms with Crippen molar-refractivity contribution in [1.82, 2.24) is 0 Å². The van der Waals surface area contributed by atoms with Crippen LogP contribution in [0.1, 0.15) is 32.4 Å². The number of benzene rings is 4. The molecule has 7 rings (SSSR count). The molecule has 39 heavy (non-hydrogen) atoms. The summed E-state index contributed by atoms with van der Waals surface area (Å²) >= 11 is 3.38. The molecule has 2 fully saturated rings. The van der Waals surface area contributed by atoms with Crippen LogP contribution in [0.5, 0.6) is 0 Å². The number of nitrogens with zero attached hydrogens (tertiary/aromatic N) is 1. The van der Waals surface area contributed by atoms with Crippen LogP contribution in [0.4, 0.5) is 5.69 Å². The predicted octanol–water partition coefficient (Wildman–Crippen LogP) is 5.81. The maximum absolute atomic E-state index is 14.0. The molecule has 4 aromatic rings. The fourth-order valence-electron chi connectivity index (χ4n) is 6.16. The summed E-state index contributed by atoms with van der Waals surface area (Å²) in [6.45, 7) is 0. The van der Waals surface area contributed by atoms with Crippen LogP contribution in [0.2, 0.25) is 0 Å². The zero-order valence-electron chi connectivity index (χ0n) is 20.4. The third-order valence-electron chi connectivity index (χ3n) is 7.95. The number of anilines is 1. The van der Waals surface area contributed by atoms with Crippen LogP contribution in [0.3, 0.4) is 0 Å². The molecule has 2 aliphatic heterocycles. The summed E-state index contributed by atoms with van der Waals surface area (Å²) in [7, 11) is 0. The number of carbonyl (C=O) groups is 4. The number of ketones is 2. The Labute approximate surface area is 232 Å². The molecule has 190 valence electrons. The maximum atomic E-state index is 14.0. The van der Waals surface area contributed by atoms with Crippen LogP contribution in [0, 0.1) is 11.8 Å². The van der Waals surface area contributed by atoms with Crippen molar-refractivity contribution in [1.29, 1.82) is 0 Å². The van der Waals surface area contributed by atoms with Crippen molar-refractivity contribution in [3.8, 4) is 11.1 Å². The van der Waals surface area contributed by atoms with E-state index in [1.165, 1.54) is 0 Å². The molecule has 0 radical (unpaired) electrons. The fourth-order valence-corrected chi connectivity index (χ4v) is 6.42. The van der Waals surface area contributed by atoms with Gasteiger partial charge in [0.15, 0.2) is 0 Å². The highest BCUT2D eigenvalue weighted by atomic mass is 79.9. The molecule has 0 N–H and O–H groups in total. The summed E-state index contributed by atoms with van der Waals surface area (Å²) in [6, 6.07) is 30.6. The van der Waals surface area contributed by atoms with Crippen molar-refractivity contribution in [3.05, 3.63) is 124 Å². The molecule has 0 bridgehead atoms. The SMILES string of the molecule is O=C1[C@@H]2[C@@H](c3ccc(-c4ccccc4)cc3)OC3(C(=O)c4ccccc4C3=O)[C@H]2C(=O)N1c1ccc(Br)cc1. The minimum absolute atomic E-state index is 0.212. The van der Waals surface area contributed by atoms with E-state index in [0.29, 0.717) is 11.3 Å². The van der Waals surface area contributed by atoms with E-state index in [0.717, 1.165) is 20.5 Å². The van der Waals surface area contributed by atoms with Gasteiger partial charge in [-0.05, 0) is 41.0 Å². The number of fused-ring (bicyclic) bond motifs is 3. The fraction of sp³-hybridized carbons (Fsp3) is 0.125. The summed E-state index contributed by atoms with van der Waals surface area (Å²) in [5.41, 5.74) is 1.33. The second-order valence-corrected chi connectivity index (χ2v) is 10.9. The highest BCUT2D eigenvalue weighted by molar-refractivity contribution is 9.10. The lowest BCUT2D eigenvalue weighted by Gasteiger charge is -2.27. The number of halogens is 1. The Hall–Kier alpha value is -4.20. The number of imide groups is 1. The Morgan fingerprint density at radius 1 is 0.641 bits per heavy atom. The van der Waals surface area contributed by atoms with Gasteiger partial charge in [0.25, 0.3) is 0 Å². The van der Waals surface area contributed by atoms with Gasteiger partial charge in [0.1, 0.15) is 0 Å². The molecule has 0 unspecified atom stereocenters. The molecule has 1 spiro atoms. The molecule has 3 atom stereocenters. The van der Waals surface area contributed by atoms with E-state index in [1.807, 2.05) is 54.6 Å². The lowest BCUT2D eigenvalue weighted by atomic mass is 9.77. The largest absolute Gasteiger partial charge is 0.349 e. The van der Waals surface area contributed by atoms with Crippen LogP contribution in [0.15, 0.2) is 108 Å². The lowest BCUT2D eigenvalue weighted by molar-refractivity contribution is -0.127. The van der Waals surface area contributed by atoms with Crippen LogP contribution in [-0.4, -0.2) is 29.0 Å². The Balaban J connectivity index is 1.36. The van der Waals surface area contributed by atoms with E-state index in [4.69, 9.17) is 4.74 Å². The van der Waals surface area contributed by atoms with Gasteiger partial charge in [-0.3, -0.25) is 19.2 Å². The minimum Gasteiger partial charge on any atom is -0.349 e. The highest BCUT2D eigenvalue weighted by Crippen LogP contribution is 2.57. The summed E-state index contributed by atoms with van der Waals surface area (Å²) in [5, 5.41) is 0. The molecular weight excluding hydrogens is 558 g/mol. The average molecular weight is 578 g/mol. The van der Waals surface area contributed by atoms with Gasteiger partial charge in [0.05, 0.1) is 23.6 Å². The summed E-state index contributed by atoms with van der Waals surface area (Å²) in [6.07, 6.45) is -0.959. The number of amides is 2. The Kier molecular flexibility index (Phi) is 5.30. The van der Waals surface area contributed by atoms with Crippen LogP contribution < -0.4 is 4.90 Å². The molecule has 3 aliphatic rings. The molecule has 1 aliphatic carbocycles. The van der Waals surface area contributed by atoms with E-state index in [9.17, 15) is 19.2 Å². The molecule has 7 heteroatoms. The first-order chi connectivity index (χ1) is 18.9. The first-order valence-corrected chi connectivity index (χ1v) is 13.4. The van der Waals surface area contributed by atoms with Gasteiger partial charge in [0.2, 0.25) is 29.0 Å². The molecule has 2 saturated heterocycles. The van der Waals surface area contributed by atoms with Crippen LogP contribution in [0.25, 0.3) is 11.1 Å². The van der Waals surface area contributed by atoms with Crippen molar-refractivity contribution in [3.63, 3.8) is 0 Å². The minimum atomic E-state index is -2.09. The van der Waals surface area contributed by atoms with Gasteiger partial charge in [-0.15, -0.1) is 0 Å². The summed E-state index contributed by atoms with van der Waals surface area (Å²) < 4.78 is 7.17. The van der Waals surface area contributed by atoms with E-state index in [2.05, 4.69) is 15.9 Å². The van der Waals surface area contributed by atoms with Crippen LogP contribution >= 0.6 is 15.9 Å². The first kappa shape index (κ1) is 23.9. The Morgan fingerprint density at radius 3 is 1.82 bits per heavy atom. The van der Waals surface area contributed by atoms with Crippen molar-refractivity contribution in [2.45, 2.75) is 11.7 Å². The number of ether oxygens (including phenoxy) is 1. The lowest BCUT2D eigenvalue weighted by Crippen LogP contribution is -2.51. The first-order valence-electron chi connectivity index (χ1n) is 12.6. The normalized spacial score (nSPS) is 23.0. The molecule has 6 nitrogen and oxygen atoms in total. The van der Waals surface area contributed by atoms with Crippen molar-refractivity contribution >= 4 is 45.0 Å². The zero-order chi connectivity index (χ0) is 26.9. The van der Waals surface area contributed by atoms with Crippen molar-refractivity contribution in [2.75, 3.05) is 4.90 Å². The van der Waals surface area contributed by atoms with Gasteiger partial charge in [-0.25, -0.2) is 4.90 Å². The van der Waals surface area contributed by atoms with Gasteiger partial charge < -0.3 is 4.74 Å². The van der Waals surface area contributed by atoms with Gasteiger partial charge >= 0.3 is 0 Å².